The molecule has 3 rings (SSSR count). The number of nitrogens with one attached hydrogen (secondary N) is 1. The molecule has 1 aliphatic rings. The molecule has 1 unspecified atom stereocenters. The molecule has 0 radical (unpaired) electrons. The second-order valence-corrected chi connectivity index (χ2v) is 6.94. The molecule has 2 aromatic rings. The van der Waals surface area contributed by atoms with E-state index in [0.29, 0.717) is 11.4 Å². The third-order valence-electron chi connectivity index (χ3n) is 4.89. The van der Waals surface area contributed by atoms with E-state index in [1.165, 1.54) is 44.6 Å². The van der Waals surface area contributed by atoms with Crippen LogP contribution in [0.5, 0.6) is 11.5 Å². The number of hydrogen-bond donors (Lipinski definition) is 1. The summed E-state index contributed by atoms with van der Waals surface area (Å²) in [5.41, 5.74) is 1.67. The highest BCUT2D eigenvalue weighted by molar-refractivity contribution is 5.94. The van der Waals surface area contributed by atoms with Crippen molar-refractivity contribution in [1.29, 1.82) is 0 Å². The number of methoxy groups -OCH3 is 1. The van der Waals surface area contributed by atoms with Crippen LogP contribution in [0.1, 0.15) is 26.2 Å². The molecule has 1 aliphatic heterocycles. The average Bonchev–Trinajstić information content (AvgIpc) is 2.74. The number of piperidine rings is 1. The zero-order valence-electron chi connectivity index (χ0n) is 16.6. The fraction of sp³-hybridized carbons (Fsp3) is 0.381. The van der Waals surface area contributed by atoms with Gasteiger partial charge >= 0.3 is 0 Å². The number of benzene rings is 2. The SMILES string of the molecule is COc1ccc([N+](=O)[O-])cc1OC(C)C(=O)Nc1ccc(N2CCCCC2)cc1. The third-order valence-corrected chi connectivity index (χ3v) is 4.89. The first-order valence-electron chi connectivity index (χ1n) is 9.63. The smallest absolute Gasteiger partial charge is 0.273 e. The van der Waals surface area contributed by atoms with E-state index in [9.17, 15) is 14.9 Å². The van der Waals surface area contributed by atoms with Crippen LogP contribution >= 0.6 is 0 Å². The van der Waals surface area contributed by atoms with Crippen LogP contribution in [0.2, 0.25) is 0 Å². The summed E-state index contributed by atoms with van der Waals surface area (Å²) in [6, 6.07) is 11.7. The van der Waals surface area contributed by atoms with Crippen molar-refractivity contribution in [2.45, 2.75) is 32.3 Å². The number of nitro groups is 1. The molecule has 0 bridgehead atoms. The van der Waals surface area contributed by atoms with Crippen molar-refractivity contribution in [2.24, 2.45) is 0 Å². The number of ether oxygens (including phenoxy) is 2. The Hall–Kier alpha value is -3.29. The van der Waals surface area contributed by atoms with Gasteiger partial charge in [-0.15, -0.1) is 0 Å². The van der Waals surface area contributed by atoms with E-state index in [1.54, 1.807) is 6.92 Å². The van der Waals surface area contributed by atoms with E-state index >= 15 is 0 Å². The normalized spacial score (nSPS) is 14.8. The summed E-state index contributed by atoms with van der Waals surface area (Å²) in [4.78, 5) is 25.3. The molecule has 1 fully saturated rings. The molecular formula is C21H25N3O5. The van der Waals surface area contributed by atoms with Crippen molar-refractivity contribution in [2.75, 3.05) is 30.4 Å². The third kappa shape index (κ3) is 5.16. The van der Waals surface area contributed by atoms with Crippen molar-refractivity contribution < 1.29 is 19.2 Å². The van der Waals surface area contributed by atoms with Gasteiger partial charge in [-0.3, -0.25) is 14.9 Å². The monoisotopic (exact) mass is 399 g/mol. The Bertz CT molecular complexity index is 863. The number of carbonyl (C=O) groups is 1. The Morgan fingerprint density at radius 2 is 1.79 bits per heavy atom. The first-order valence-corrected chi connectivity index (χ1v) is 9.63. The quantitative estimate of drug-likeness (QED) is 0.559. The molecule has 154 valence electrons. The molecule has 0 aromatic heterocycles. The lowest BCUT2D eigenvalue weighted by Crippen LogP contribution is -2.30. The van der Waals surface area contributed by atoms with Gasteiger partial charge in [0.25, 0.3) is 11.6 Å². The van der Waals surface area contributed by atoms with E-state index in [4.69, 9.17) is 9.47 Å². The van der Waals surface area contributed by atoms with Gasteiger partial charge in [0.15, 0.2) is 17.6 Å². The maximum absolute atomic E-state index is 12.5. The standard InChI is InChI=1S/C21H25N3O5/c1-15(29-20-14-18(24(26)27)10-11-19(20)28-2)21(25)22-16-6-8-17(9-7-16)23-12-4-3-5-13-23/h6-11,14-15H,3-5,12-13H2,1-2H3,(H,22,25). The average molecular weight is 399 g/mol. The summed E-state index contributed by atoms with van der Waals surface area (Å²) >= 11 is 0. The van der Waals surface area contributed by atoms with Gasteiger partial charge in [0.2, 0.25) is 0 Å². The van der Waals surface area contributed by atoms with Crippen molar-refractivity contribution in [3.63, 3.8) is 0 Å². The van der Waals surface area contributed by atoms with E-state index in [0.717, 1.165) is 18.8 Å². The maximum Gasteiger partial charge on any atom is 0.273 e. The summed E-state index contributed by atoms with van der Waals surface area (Å²) in [6.45, 7) is 3.69. The van der Waals surface area contributed by atoms with E-state index in [-0.39, 0.29) is 17.3 Å². The highest BCUT2D eigenvalue weighted by atomic mass is 16.6. The molecule has 1 amide bonds. The lowest BCUT2D eigenvalue weighted by Gasteiger charge is -2.28. The summed E-state index contributed by atoms with van der Waals surface area (Å²) < 4.78 is 10.8. The number of non-ortho nitro benzene ring substituents is 1. The van der Waals surface area contributed by atoms with Crippen LogP contribution in [-0.4, -0.2) is 37.1 Å². The molecule has 2 aromatic carbocycles. The van der Waals surface area contributed by atoms with Crippen molar-refractivity contribution in [3.8, 4) is 11.5 Å². The van der Waals surface area contributed by atoms with Crippen LogP contribution in [-0.2, 0) is 4.79 Å². The van der Waals surface area contributed by atoms with E-state index in [2.05, 4.69) is 10.2 Å². The molecule has 29 heavy (non-hydrogen) atoms. The number of rotatable bonds is 7. The first kappa shape index (κ1) is 20.4. The van der Waals surface area contributed by atoms with Gasteiger partial charge in [-0.25, -0.2) is 0 Å². The topological polar surface area (TPSA) is 93.9 Å². The Balaban J connectivity index is 1.63. The van der Waals surface area contributed by atoms with Gasteiger partial charge in [-0.05, 0) is 56.5 Å². The summed E-state index contributed by atoms with van der Waals surface area (Å²) in [7, 11) is 1.43. The minimum atomic E-state index is -0.868. The number of amides is 1. The highest BCUT2D eigenvalue weighted by Gasteiger charge is 2.20. The predicted molar refractivity (Wildman–Crippen MR) is 111 cm³/mol. The molecule has 8 nitrogen and oxygen atoms in total. The Kier molecular flexibility index (Phi) is 6.54. The number of nitro benzene ring substituents is 1. The van der Waals surface area contributed by atoms with Gasteiger partial charge < -0.3 is 19.7 Å². The molecule has 1 N–H and O–H groups in total. The zero-order valence-corrected chi connectivity index (χ0v) is 16.6. The summed E-state index contributed by atoms with van der Waals surface area (Å²) in [5.74, 6) is 0.107. The molecule has 0 saturated carbocycles. The second kappa shape index (κ2) is 9.27. The van der Waals surface area contributed by atoms with Crippen LogP contribution in [0.4, 0.5) is 17.1 Å². The number of anilines is 2. The lowest BCUT2D eigenvalue weighted by atomic mass is 10.1. The van der Waals surface area contributed by atoms with E-state index < -0.39 is 11.0 Å². The van der Waals surface area contributed by atoms with Gasteiger partial charge in [0.1, 0.15) is 0 Å². The van der Waals surface area contributed by atoms with Crippen LogP contribution in [0.15, 0.2) is 42.5 Å². The van der Waals surface area contributed by atoms with Gasteiger partial charge in [0.05, 0.1) is 18.1 Å². The van der Waals surface area contributed by atoms with Crippen LogP contribution < -0.4 is 19.7 Å². The summed E-state index contributed by atoms with van der Waals surface area (Å²) in [5, 5.41) is 13.8. The van der Waals surface area contributed by atoms with Crippen molar-refractivity contribution in [1.82, 2.24) is 0 Å². The molecule has 0 aliphatic carbocycles. The fourth-order valence-corrected chi connectivity index (χ4v) is 3.27. The Morgan fingerprint density at radius 1 is 1.10 bits per heavy atom. The minimum Gasteiger partial charge on any atom is -0.493 e. The molecular weight excluding hydrogens is 374 g/mol. The van der Waals surface area contributed by atoms with Gasteiger partial charge in [-0.1, -0.05) is 0 Å². The van der Waals surface area contributed by atoms with Crippen molar-refractivity contribution in [3.05, 3.63) is 52.6 Å². The lowest BCUT2D eigenvalue weighted by molar-refractivity contribution is -0.385. The molecule has 1 heterocycles. The van der Waals surface area contributed by atoms with Gasteiger partial charge in [0, 0.05) is 30.5 Å². The number of nitrogens with zero attached hydrogens (tertiary/aromatic N) is 2. The number of hydrogen-bond acceptors (Lipinski definition) is 6. The Morgan fingerprint density at radius 3 is 2.41 bits per heavy atom. The molecule has 0 spiro atoms. The molecule has 1 atom stereocenters. The Labute approximate surface area is 169 Å². The maximum atomic E-state index is 12.5. The van der Waals surface area contributed by atoms with E-state index in [1.807, 2.05) is 24.3 Å². The summed E-state index contributed by atoms with van der Waals surface area (Å²) in [6.07, 6.45) is 2.81. The minimum absolute atomic E-state index is 0.137. The zero-order chi connectivity index (χ0) is 20.8. The van der Waals surface area contributed by atoms with Gasteiger partial charge in [-0.2, -0.15) is 0 Å². The molecule has 1 saturated heterocycles. The predicted octanol–water partition coefficient (Wildman–Crippen LogP) is 4.00. The number of carbonyl (C=O) groups excluding carboxylic acids is 1. The van der Waals surface area contributed by atoms with Crippen LogP contribution in [0.3, 0.4) is 0 Å². The van der Waals surface area contributed by atoms with Crippen LogP contribution in [0.25, 0.3) is 0 Å². The van der Waals surface area contributed by atoms with Crippen LogP contribution in [0, 0.1) is 10.1 Å². The highest BCUT2D eigenvalue weighted by Crippen LogP contribution is 2.32. The fourth-order valence-electron chi connectivity index (χ4n) is 3.27. The molecule has 8 heteroatoms. The second-order valence-electron chi connectivity index (χ2n) is 6.94. The largest absolute Gasteiger partial charge is 0.493 e. The first-order chi connectivity index (χ1) is 14.0. The van der Waals surface area contributed by atoms with Crippen molar-refractivity contribution >= 4 is 23.0 Å².